The Labute approximate surface area is 86.2 Å². The third-order valence-corrected chi connectivity index (χ3v) is 2.16. The molecule has 0 spiro atoms. The van der Waals surface area contributed by atoms with Gasteiger partial charge in [-0.3, -0.25) is 5.10 Å². The lowest BCUT2D eigenvalue weighted by Crippen LogP contribution is -1.85. The molecule has 0 unspecified atom stereocenters. The highest BCUT2D eigenvalue weighted by molar-refractivity contribution is 5.64. The van der Waals surface area contributed by atoms with E-state index in [9.17, 15) is 5.11 Å². The van der Waals surface area contributed by atoms with Crippen LogP contribution in [0, 0.1) is 0 Å². The molecule has 2 aromatic rings. The van der Waals surface area contributed by atoms with Gasteiger partial charge in [-0.1, -0.05) is 12.1 Å². The first kappa shape index (κ1) is 9.54. The molecule has 1 aromatic carbocycles. The predicted octanol–water partition coefficient (Wildman–Crippen LogP) is 0.857. The number of nitrogens with zero attached hydrogens (tertiary/aromatic N) is 1. The molecule has 0 aliphatic carbocycles. The maximum Gasteiger partial charge on any atom is 0.145 e. The molecule has 5 N–H and O–H groups in total. The Morgan fingerprint density at radius 2 is 2.13 bits per heavy atom. The summed E-state index contributed by atoms with van der Waals surface area (Å²) in [6, 6.07) is 6.66. The first-order valence-electron chi connectivity index (χ1n) is 4.44. The number of anilines is 1. The summed E-state index contributed by atoms with van der Waals surface area (Å²) in [5.41, 5.74) is 7.46. The highest BCUT2D eigenvalue weighted by Crippen LogP contribution is 2.25. The second-order valence-corrected chi connectivity index (χ2v) is 3.21. The van der Waals surface area contributed by atoms with Crippen LogP contribution in [0.5, 0.6) is 5.75 Å². The number of nitrogen functional groups attached to an aromatic ring is 1. The molecule has 5 heteroatoms. The molecule has 0 saturated heterocycles. The summed E-state index contributed by atoms with van der Waals surface area (Å²) in [4.78, 5) is 0. The molecule has 0 atom stereocenters. The molecule has 1 aromatic heterocycles. The summed E-state index contributed by atoms with van der Waals surface area (Å²) in [6.07, 6.45) is 0. The number of hydrogen-bond donors (Lipinski definition) is 4. The molecule has 0 aliphatic heterocycles. The van der Waals surface area contributed by atoms with Crippen LogP contribution in [0.1, 0.15) is 5.56 Å². The van der Waals surface area contributed by atoms with Crippen molar-refractivity contribution in [2.45, 2.75) is 6.61 Å². The van der Waals surface area contributed by atoms with Crippen LogP contribution < -0.4 is 5.73 Å². The Morgan fingerprint density at radius 3 is 2.67 bits per heavy atom. The molecular formula is C10H11N3O2. The molecule has 5 nitrogen and oxygen atoms in total. The summed E-state index contributed by atoms with van der Waals surface area (Å²) in [5, 5.41) is 24.9. The van der Waals surface area contributed by atoms with Gasteiger partial charge in [-0.05, 0) is 6.07 Å². The zero-order valence-corrected chi connectivity index (χ0v) is 7.94. The Bertz CT molecular complexity index is 479. The van der Waals surface area contributed by atoms with Gasteiger partial charge < -0.3 is 15.9 Å². The number of aromatic hydroxyl groups is 1. The summed E-state index contributed by atoms with van der Waals surface area (Å²) in [5.74, 6) is 0.457. The minimum absolute atomic E-state index is 0.0585. The Hall–Kier alpha value is -2.01. The van der Waals surface area contributed by atoms with Crippen LogP contribution in [-0.4, -0.2) is 20.4 Å². The van der Waals surface area contributed by atoms with Crippen molar-refractivity contribution < 1.29 is 10.2 Å². The van der Waals surface area contributed by atoms with Gasteiger partial charge in [-0.2, -0.15) is 5.10 Å². The Balaban J connectivity index is 2.42. The summed E-state index contributed by atoms with van der Waals surface area (Å²) in [6.45, 7) is -0.183. The molecule has 0 amide bonds. The van der Waals surface area contributed by atoms with E-state index in [1.165, 1.54) is 0 Å². The number of aromatic amines is 1. The van der Waals surface area contributed by atoms with Crippen LogP contribution in [0.25, 0.3) is 11.3 Å². The minimum Gasteiger partial charge on any atom is -0.508 e. The highest BCUT2D eigenvalue weighted by Gasteiger charge is 2.05. The van der Waals surface area contributed by atoms with E-state index in [2.05, 4.69) is 10.2 Å². The SMILES string of the molecule is Nc1cc(-c2ccc(CO)c(O)c2)[nH]n1. The van der Waals surface area contributed by atoms with Gasteiger partial charge in [0.1, 0.15) is 11.6 Å². The van der Waals surface area contributed by atoms with E-state index in [0.717, 1.165) is 11.3 Å². The second-order valence-electron chi connectivity index (χ2n) is 3.21. The van der Waals surface area contributed by atoms with E-state index in [4.69, 9.17) is 10.8 Å². The zero-order valence-electron chi connectivity index (χ0n) is 7.94. The lowest BCUT2D eigenvalue weighted by atomic mass is 10.1. The molecular weight excluding hydrogens is 194 g/mol. The van der Waals surface area contributed by atoms with Crippen molar-refractivity contribution >= 4 is 5.82 Å². The van der Waals surface area contributed by atoms with Gasteiger partial charge in [-0.15, -0.1) is 0 Å². The molecule has 0 bridgehead atoms. The maximum absolute atomic E-state index is 9.53. The maximum atomic E-state index is 9.53. The highest BCUT2D eigenvalue weighted by atomic mass is 16.3. The van der Waals surface area contributed by atoms with Crippen LogP contribution in [-0.2, 0) is 6.61 Å². The van der Waals surface area contributed by atoms with Crippen LogP contribution in [0.4, 0.5) is 5.82 Å². The van der Waals surface area contributed by atoms with Gasteiger partial charge in [0.2, 0.25) is 0 Å². The standard InChI is InChI=1S/C10H11N3O2/c11-10-4-8(12-13-10)6-1-2-7(5-14)9(15)3-6/h1-4,14-15H,5H2,(H3,11,12,13). The molecule has 2 rings (SSSR count). The van der Waals surface area contributed by atoms with Crippen LogP contribution >= 0.6 is 0 Å². The fourth-order valence-corrected chi connectivity index (χ4v) is 1.35. The number of rotatable bonds is 2. The number of phenols is 1. The summed E-state index contributed by atoms with van der Waals surface area (Å²) in [7, 11) is 0. The molecule has 0 radical (unpaired) electrons. The van der Waals surface area contributed by atoms with E-state index in [-0.39, 0.29) is 12.4 Å². The van der Waals surface area contributed by atoms with Gasteiger partial charge in [-0.25, -0.2) is 0 Å². The smallest absolute Gasteiger partial charge is 0.145 e. The molecule has 78 valence electrons. The normalized spacial score (nSPS) is 10.5. The van der Waals surface area contributed by atoms with Gasteiger partial charge in [0, 0.05) is 17.2 Å². The van der Waals surface area contributed by atoms with Crippen LogP contribution in [0.3, 0.4) is 0 Å². The minimum atomic E-state index is -0.183. The van der Waals surface area contributed by atoms with Gasteiger partial charge in [0.15, 0.2) is 0 Å². The van der Waals surface area contributed by atoms with Crippen molar-refractivity contribution in [3.8, 4) is 17.0 Å². The van der Waals surface area contributed by atoms with E-state index < -0.39 is 0 Å². The molecule has 0 fully saturated rings. The Morgan fingerprint density at radius 1 is 1.33 bits per heavy atom. The number of aliphatic hydroxyl groups excluding tert-OH is 1. The average Bonchev–Trinajstić information content (AvgIpc) is 2.65. The number of nitrogens with one attached hydrogen (secondary N) is 1. The predicted molar refractivity (Wildman–Crippen MR) is 56.0 cm³/mol. The van der Waals surface area contributed by atoms with E-state index in [1.54, 1.807) is 24.3 Å². The number of benzene rings is 1. The van der Waals surface area contributed by atoms with Crippen molar-refractivity contribution in [1.82, 2.24) is 10.2 Å². The summed E-state index contributed by atoms with van der Waals surface area (Å²) < 4.78 is 0. The quantitative estimate of drug-likeness (QED) is 0.584. The summed E-state index contributed by atoms with van der Waals surface area (Å²) >= 11 is 0. The van der Waals surface area contributed by atoms with Crippen molar-refractivity contribution in [3.63, 3.8) is 0 Å². The first-order chi connectivity index (χ1) is 7.20. The topological polar surface area (TPSA) is 95.2 Å². The fraction of sp³-hybridized carbons (Fsp3) is 0.100. The number of hydrogen-bond acceptors (Lipinski definition) is 4. The van der Waals surface area contributed by atoms with Crippen LogP contribution in [0.15, 0.2) is 24.3 Å². The Kier molecular flexibility index (Phi) is 2.31. The number of aliphatic hydroxyl groups is 1. The number of H-pyrrole nitrogens is 1. The first-order valence-corrected chi connectivity index (χ1v) is 4.44. The second kappa shape index (κ2) is 3.62. The van der Waals surface area contributed by atoms with Gasteiger partial charge in [0.05, 0.1) is 12.3 Å². The fourth-order valence-electron chi connectivity index (χ4n) is 1.35. The molecule has 1 heterocycles. The van der Waals surface area contributed by atoms with Crippen LogP contribution in [0.2, 0.25) is 0 Å². The molecule has 0 aliphatic rings. The van der Waals surface area contributed by atoms with E-state index in [1.807, 2.05) is 0 Å². The lowest BCUT2D eigenvalue weighted by Gasteiger charge is -2.03. The van der Waals surface area contributed by atoms with E-state index in [0.29, 0.717) is 11.4 Å². The average molecular weight is 205 g/mol. The van der Waals surface area contributed by atoms with E-state index >= 15 is 0 Å². The third kappa shape index (κ3) is 1.77. The zero-order chi connectivity index (χ0) is 10.8. The van der Waals surface area contributed by atoms with Gasteiger partial charge in [0.25, 0.3) is 0 Å². The van der Waals surface area contributed by atoms with Crippen molar-refractivity contribution in [1.29, 1.82) is 0 Å². The lowest BCUT2D eigenvalue weighted by molar-refractivity contribution is 0.275. The van der Waals surface area contributed by atoms with Gasteiger partial charge >= 0.3 is 0 Å². The van der Waals surface area contributed by atoms with Crippen molar-refractivity contribution in [2.24, 2.45) is 0 Å². The van der Waals surface area contributed by atoms with Crippen molar-refractivity contribution in [2.75, 3.05) is 5.73 Å². The largest absolute Gasteiger partial charge is 0.508 e. The number of nitrogens with two attached hydrogens (primary N) is 1. The third-order valence-electron chi connectivity index (χ3n) is 2.16. The molecule has 0 saturated carbocycles. The monoisotopic (exact) mass is 205 g/mol. The molecule has 15 heavy (non-hydrogen) atoms. The number of aromatic nitrogens is 2. The van der Waals surface area contributed by atoms with Crippen molar-refractivity contribution in [3.05, 3.63) is 29.8 Å².